The highest BCUT2D eigenvalue weighted by molar-refractivity contribution is 9.09. The molecule has 0 spiro atoms. The Morgan fingerprint density at radius 1 is 1.18 bits per heavy atom. The second-order valence-electron chi connectivity index (χ2n) is 6.24. The molecule has 96 valence electrons. The van der Waals surface area contributed by atoms with Crippen molar-refractivity contribution in [1.29, 1.82) is 0 Å². The van der Waals surface area contributed by atoms with Crippen LogP contribution in [0, 0.1) is 12.8 Å². The minimum Gasteiger partial charge on any atom is -0.0925 e. The van der Waals surface area contributed by atoms with Gasteiger partial charge in [-0.05, 0) is 40.9 Å². The van der Waals surface area contributed by atoms with E-state index in [1.165, 1.54) is 16.7 Å². The van der Waals surface area contributed by atoms with Crippen molar-refractivity contribution < 1.29 is 0 Å². The highest BCUT2D eigenvalue weighted by atomic mass is 79.9. The summed E-state index contributed by atoms with van der Waals surface area (Å²) in [6, 6.07) is 6.94. The van der Waals surface area contributed by atoms with E-state index in [-0.39, 0.29) is 5.41 Å². The molecule has 0 bridgehead atoms. The van der Waals surface area contributed by atoms with E-state index >= 15 is 0 Å². The first-order chi connectivity index (χ1) is 7.77. The summed E-state index contributed by atoms with van der Waals surface area (Å²) < 4.78 is 0. The van der Waals surface area contributed by atoms with E-state index in [1.54, 1.807) is 0 Å². The topological polar surface area (TPSA) is 0 Å². The van der Waals surface area contributed by atoms with E-state index in [0.717, 1.165) is 5.33 Å². The van der Waals surface area contributed by atoms with Crippen LogP contribution in [0.25, 0.3) is 0 Å². The van der Waals surface area contributed by atoms with Crippen molar-refractivity contribution in [1.82, 2.24) is 0 Å². The van der Waals surface area contributed by atoms with E-state index < -0.39 is 0 Å². The minimum atomic E-state index is 0.236. The molecule has 0 amide bonds. The Hall–Kier alpha value is -0.300. The maximum Gasteiger partial charge on any atom is 0.00627 e. The standard InChI is InChI=1S/C16H25Br/c1-11-7-8-14(16(4,5)6)9-15(11)13(3)12(2)10-17/h7-9,12-13H,10H2,1-6H3. The molecule has 1 rings (SSSR count). The molecule has 1 aromatic rings. The molecule has 0 aliphatic carbocycles. The van der Waals surface area contributed by atoms with E-state index in [9.17, 15) is 0 Å². The zero-order chi connectivity index (χ0) is 13.2. The van der Waals surface area contributed by atoms with Gasteiger partial charge in [-0.2, -0.15) is 0 Å². The summed E-state index contributed by atoms with van der Waals surface area (Å²) in [5.74, 6) is 1.28. The molecule has 0 aliphatic rings. The molecule has 0 heterocycles. The van der Waals surface area contributed by atoms with Crippen LogP contribution in [0.2, 0.25) is 0 Å². The van der Waals surface area contributed by atoms with E-state index in [4.69, 9.17) is 0 Å². The van der Waals surface area contributed by atoms with Crippen LogP contribution in [-0.2, 0) is 5.41 Å². The van der Waals surface area contributed by atoms with Crippen molar-refractivity contribution in [2.45, 2.75) is 52.9 Å². The van der Waals surface area contributed by atoms with Crippen LogP contribution in [0.15, 0.2) is 18.2 Å². The zero-order valence-corrected chi connectivity index (χ0v) is 13.6. The third kappa shape index (κ3) is 3.58. The number of rotatable bonds is 3. The molecule has 0 saturated heterocycles. The van der Waals surface area contributed by atoms with Crippen molar-refractivity contribution in [3.05, 3.63) is 34.9 Å². The molecule has 1 aromatic carbocycles. The number of benzene rings is 1. The van der Waals surface area contributed by atoms with Gasteiger partial charge in [-0.25, -0.2) is 0 Å². The van der Waals surface area contributed by atoms with Gasteiger partial charge in [-0.1, -0.05) is 68.7 Å². The summed E-state index contributed by atoms with van der Waals surface area (Å²) in [7, 11) is 0. The lowest BCUT2D eigenvalue weighted by atomic mass is 9.81. The molecule has 1 heteroatoms. The van der Waals surface area contributed by atoms with Gasteiger partial charge in [0.05, 0.1) is 0 Å². The molecule has 0 radical (unpaired) electrons. The zero-order valence-electron chi connectivity index (χ0n) is 12.0. The first-order valence-corrected chi connectivity index (χ1v) is 7.56. The molecule has 0 aliphatic heterocycles. The van der Waals surface area contributed by atoms with Gasteiger partial charge in [0.1, 0.15) is 0 Å². The van der Waals surface area contributed by atoms with Crippen LogP contribution in [0.1, 0.15) is 57.2 Å². The maximum absolute atomic E-state index is 3.60. The Morgan fingerprint density at radius 2 is 1.76 bits per heavy atom. The van der Waals surface area contributed by atoms with E-state index in [0.29, 0.717) is 11.8 Å². The lowest BCUT2D eigenvalue weighted by molar-refractivity contribution is 0.539. The smallest absolute Gasteiger partial charge is 0.00627 e. The molecular weight excluding hydrogens is 272 g/mol. The minimum absolute atomic E-state index is 0.236. The Balaban J connectivity index is 3.15. The Kier molecular flexibility index (Phi) is 4.83. The molecule has 0 saturated carbocycles. The monoisotopic (exact) mass is 296 g/mol. The summed E-state index contributed by atoms with van der Waals surface area (Å²) in [6.07, 6.45) is 0. The van der Waals surface area contributed by atoms with Crippen molar-refractivity contribution >= 4 is 15.9 Å². The first kappa shape index (κ1) is 14.8. The quantitative estimate of drug-likeness (QED) is 0.653. The number of hydrogen-bond acceptors (Lipinski definition) is 0. The van der Waals surface area contributed by atoms with Crippen molar-refractivity contribution in [3.63, 3.8) is 0 Å². The van der Waals surface area contributed by atoms with Crippen LogP contribution in [-0.4, -0.2) is 5.33 Å². The summed E-state index contributed by atoms with van der Waals surface area (Å²) >= 11 is 3.60. The predicted octanol–water partition coefficient (Wildman–Crippen LogP) is 5.43. The van der Waals surface area contributed by atoms with Crippen LogP contribution < -0.4 is 0 Å². The summed E-state index contributed by atoms with van der Waals surface area (Å²) in [6.45, 7) is 13.7. The lowest BCUT2D eigenvalue weighted by Gasteiger charge is -2.25. The highest BCUT2D eigenvalue weighted by Gasteiger charge is 2.19. The third-order valence-corrected chi connectivity index (χ3v) is 4.75. The molecule has 0 fully saturated rings. The maximum atomic E-state index is 3.60. The molecular formula is C16H25Br. The first-order valence-electron chi connectivity index (χ1n) is 6.44. The normalized spacial score (nSPS) is 15.7. The average Bonchev–Trinajstić information content (AvgIpc) is 2.26. The van der Waals surface area contributed by atoms with E-state index in [2.05, 4.69) is 75.7 Å². The number of hydrogen-bond donors (Lipinski definition) is 0. The van der Waals surface area contributed by atoms with Crippen molar-refractivity contribution in [2.24, 2.45) is 5.92 Å². The van der Waals surface area contributed by atoms with Crippen LogP contribution in [0.5, 0.6) is 0 Å². The predicted molar refractivity (Wildman–Crippen MR) is 81.3 cm³/mol. The van der Waals surface area contributed by atoms with E-state index in [1.807, 2.05) is 0 Å². The second kappa shape index (κ2) is 5.56. The van der Waals surface area contributed by atoms with Gasteiger partial charge >= 0.3 is 0 Å². The van der Waals surface area contributed by atoms with Crippen molar-refractivity contribution in [2.75, 3.05) is 5.33 Å². The molecule has 0 nitrogen and oxygen atoms in total. The fourth-order valence-corrected chi connectivity index (χ4v) is 2.60. The fourth-order valence-electron chi connectivity index (χ4n) is 2.04. The fraction of sp³-hybridized carbons (Fsp3) is 0.625. The van der Waals surface area contributed by atoms with Gasteiger partial charge in [0.25, 0.3) is 0 Å². The highest BCUT2D eigenvalue weighted by Crippen LogP contribution is 2.32. The Labute approximate surface area is 115 Å². The number of halogens is 1. The van der Waals surface area contributed by atoms with Crippen molar-refractivity contribution in [3.8, 4) is 0 Å². The number of aryl methyl sites for hydroxylation is 1. The lowest BCUT2D eigenvalue weighted by Crippen LogP contribution is -2.14. The second-order valence-corrected chi connectivity index (χ2v) is 6.89. The Morgan fingerprint density at radius 3 is 2.24 bits per heavy atom. The number of alkyl halides is 1. The van der Waals surface area contributed by atoms with Gasteiger partial charge in [0, 0.05) is 5.33 Å². The third-order valence-electron chi connectivity index (χ3n) is 3.73. The molecule has 0 aromatic heterocycles. The molecule has 0 N–H and O–H groups in total. The van der Waals surface area contributed by atoms with Gasteiger partial charge < -0.3 is 0 Å². The van der Waals surface area contributed by atoms with Gasteiger partial charge in [-0.15, -0.1) is 0 Å². The SMILES string of the molecule is Cc1ccc(C(C)(C)C)cc1C(C)C(C)CBr. The largest absolute Gasteiger partial charge is 0.0925 e. The molecule has 2 atom stereocenters. The summed E-state index contributed by atoms with van der Waals surface area (Å²) in [5.41, 5.74) is 4.59. The van der Waals surface area contributed by atoms with Gasteiger partial charge in [0.15, 0.2) is 0 Å². The Bertz CT molecular complexity index is 374. The van der Waals surface area contributed by atoms with Crippen LogP contribution in [0.3, 0.4) is 0 Å². The molecule has 2 unspecified atom stereocenters. The van der Waals surface area contributed by atoms with Crippen LogP contribution >= 0.6 is 15.9 Å². The van der Waals surface area contributed by atoms with Gasteiger partial charge in [0.2, 0.25) is 0 Å². The van der Waals surface area contributed by atoms with Gasteiger partial charge in [-0.3, -0.25) is 0 Å². The van der Waals surface area contributed by atoms with Crippen LogP contribution in [0.4, 0.5) is 0 Å². The summed E-state index contributed by atoms with van der Waals surface area (Å²) in [5, 5.41) is 1.06. The summed E-state index contributed by atoms with van der Waals surface area (Å²) in [4.78, 5) is 0. The average molecular weight is 297 g/mol. The molecule has 17 heavy (non-hydrogen) atoms.